The summed E-state index contributed by atoms with van der Waals surface area (Å²) in [5.41, 5.74) is 1.12. The molecule has 106 valence electrons. The molecule has 1 aromatic heterocycles. The Morgan fingerprint density at radius 3 is 2.50 bits per heavy atom. The summed E-state index contributed by atoms with van der Waals surface area (Å²) in [5.74, 6) is -0.298. The Morgan fingerprint density at radius 1 is 1.30 bits per heavy atom. The lowest BCUT2D eigenvalue weighted by molar-refractivity contribution is 0.103. The van der Waals surface area contributed by atoms with Gasteiger partial charge in [0.05, 0.1) is 14.1 Å². The third kappa shape index (κ3) is 3.37. The monoisotopic (exact) mass is 330 g/mol. The summed E-state index contributed by atoms with van der Waals surface area (Å²) in [6.07, 6.45) is 0. The maximum Gasteiger partial charge on any atom is 0.265 e. The summed E-state index contributed by atoms with van der Waals surface area (Å²) in [6, 6.07) is 7.52. The first-order valence-electron chi connectivity index (χ1n) is 5.47. The number of primary sulfonamides is 1. The third-order valence-corrected chi connectivity index (χ3v) is 4.71. The number of nitrogens with one attached hydrogen (secondary N) is 1. The molecule has 0 aliphatic rings. The van der Waals surface area contributed by atoms with Gasteiger partial charge in [0.2, 0.25) is 10.0 Å². The number of nitrogens with two attached hydrogens (primary N) is 1. The van der Waals surface area contributed by atoms with E-state index in [2.05, 4.69) is 5.32 Å². The Kier molecular flexibility index (Phi) is 4.14. The van der Waals surface area contributed by atoms with Crippen LogP contribution in [0.3, 0.4) is 0 Å². The van der Waals surface area contributed by atoms with E-state index in [-0.39, 0.29) is 10.8 Å². The van der Waals surface area contributed by atoms with E-state index in [1.165, 1.54) is 29.5 Å². The van der Waals surface area contributed by atoms with Crippen LogP contribution in [0.1, 0.15) is 15.2 Å². The van der Waals surface area contributed by atoms with Crippen LogP contribution in [0.25, 0.3) is 0 Å². The van der Waals surface area contributed by atoms with Crippen molar-refractivity contribution in [1.29, 1.82) is 0 Å². The van der Waals surface area contributed by atoms with Crippen molar-refractivity contribution in [3.05, 3.63) is 45.1 Å². The lowest BCUT2D eigenvalue weighted by Gasteiger charge is -2.08. The number of rotatable bonds is 3. The van der Waals surface area contributed by atoms with Gasteiger partial charge in [0, 0.05) is 5.69 Å². The largest absolute Gasteiger partial charge is 0.321 e. The predicted octanol–water partition coefficient (Wildman–Crippen LogP) is 2.61. The Bertz CT molecular complexity index is 769. The van der Waals surface area contributed by atoms with Gasteiger partial charge in [0.1, 0.15) is 0 Å². The lowest BCUT2D eigenvalue weighted by Crippen LogP contribution is -2.14. The minimum absolute atomic E-state index is 0.00664. The predicted molar refractivity (Wildman–Crippen MR) is 79.8 cm³/mol. The number of sulfonamides is 1. The van der Waals surface area contributed by atoms with E-state index in [0.717, 1.165) is 0 Å². The molecule has 5 nitrogen and oxygen atoms in total. The molecule has 0 aliphatic carbocycles. The number of thiophene rings is 1. The molecule has 2 rings (SSSR count). The molecule has 0 bridgehead atoms. The first-order valence-corrected chi connectivity index (χ1v) is 8.21. The normalized spacial score (nSPS) is 11.3. The molecule has 8 heteroatoms. The van der Waals surface area contributed by atoms with Gasteiger partial charge in [-0.3, -0.25) is 4.79 Å². The topological polar surface area (TPSA) is 89.3 Å². The highest BCUT2D eigenvalue weighted by atomic mass is 35.5. The Labute approximate surface area is 125 Å². The van der Waals surface area contributed by atoms with Gasteiger partial charge in [0.25, 0.3) is 5.91 Å². The van der Waals surface area contributed by atoms with Crippen LogP contribution in [0, 0.1) is 6.92 Å². The molecule has 0 saturated carbocycles. The molecular weight excluding hydrogens is 320 g/mol. The number of hydrogen-bond acceptors (Lipinski definition) is 4. The minimum atomic E-state index is -3.75. The van der Waals surface area contributed by atoms with Gasteiger partial charge in [-0.05, 0) is 42.8 Å². The summed E-state index contributed by atoms with van der Waals surface area (Å²) in [4.78, 5) is 12.4. The molecule has 2 aromatic rings. The fourth-order valence-electron chi connectivity index (χ4n) is 1.57. The number of halogens is 1. The molecule has 1 amide bonds. The highest BCUT2D eigenvalue weighted by molar-refractivity contribution is 7.89. The van der Waals surface area contributed by atoms with E-state index in [1.54, 1.807) is 19.1 Å². The molecule has 0 saturated heterocycles. The first kappa shape index (κ1) is 15.0. The van der Waals surface area contributed by atoms with Gasteiger partial charge in [-0.15, -0.1) is 11.3 Å². The summed E-state index contributed by atoms with van der Waals surface area (Å²) < 4.78 is 23.0. The molecule has 0 atom stereocenters. The summed E-state index contributed by atoms with van der Waals surface area (Å²) in [6.45, 7) is 1.69. The van der Waals surface area contributed by atoms with Crippen LogP contribution >= 0.6 is 22.9 Å². The van der Waals surface area contributed by atoms with Gasteiger partial charge >= 0.3 is 0 Å². The average molecular weight is 331 g/mol. The van der Waals surface area contributed by atoms with E-state index >= 15 is 0 Å². The molecular formula is C12H11ClN2O3S2. The molecule has 0 unspecified atom stereocenters. The number of carbonyl (C=O) groups excluding carboxylic acids is 1. The second kappa shape index (κ2) is 5.53. The highest BCUT2D eigenvalue weighted by Crippen LogP contribution is 2.24. The van der Waals surface area contributed by atoms with E-state index < -0.39 is 10.0 Å². The van der Waals surface area contributed by atoms with Crippen molar-refractivity contribution in [2.24, 2.45) is 5.14 Å². The summed E-state index contributed by atoms with van der Waals surface area (Å²) in [5, 5.41) is 7.74. The number of amides is 1. The Balaban J connectivity index is 2.25. The number of carbonyl (C=O) groups is 1. The first-order chi connectivity index (χ1) is 9.27. The van der Waals surface area contributed by atoms with Crippen LogP contribution < -0.4 is 10.5 Å². The van der Waals surface area contributed by atoms with Crippen molar-refractivity contribution in [1.82, 2.24) is 0 Å². The SMILES string of the molecule is Cc1cc(S(N)(=O)=O)ccc1NC(=O)c1ccc(Cl)s1. The molecule has 0 fully saturated rings. The van der Waals surface area contributed by atoms with Crippen molar-refractivity contribution in [2.45, 2.75) is 11.8 Å². The zero-order valence-corrected chi connectivity index (χ0v) is 12.8. The van der Waals surface area contributed by atoms with Gasteiger partial charge < -0.3 is 5.32 Å². The molecule has 0 aliphatic heterocycles. The molecule has 3 N–H and O–H groups in total. The maximum atomic E-state index is 12.0. The summed E-state index contributed by atoms with van der Waals surface area (Å²) in [7, 11) is -3.75. The number of aryl methyl sites for hydroxylation is 1. The Morgan fingerprint density at radius 2 is 2.00 bits per heavy atom. The second-order valence-corrected chi connectivity index (χ2v) is 7.36. The van der Waals surface area contributed by atoms with Gasteiger partial charge in [-0.1, -0.05) is 11.6 Å². The van der Waals surface area contributed by atoms with Crippen molar-refractivity contribution in [3.8, 4) is 0 Å². The van der Waals surface area contributed by atoms with Gasteiger partial charge in [-0.2, -0.15) is 0 Å². The van der Waals surface area contributed by atoms with E-state index in [0.29, 0.717) is 20.5 Å². The molecule has 0 radical (unpaired) electrons. The fraction of sp³-hybridized carbons (Fsp3) is 0.0833. The summed E-state index contributed by atoms with van der Waals surface area (Å²) >= 11 is 6.93. The molecule has 0 spiro atoms. The average Bonchev–Trinajstić information content (AvgIpc) is 2.77. The van der Waals surface area contributed by atoms with Crippen molar-refractivity contribution < 1.29 is 13.2 Å². The zero-order chi connectivity index (χ0) is 14.9. The number of anilines is 1. The van der Waals surface area contributed by atoms with E-state index in [4.69, 9.17) is 16.7 Å². The van der Waals surface area contributed by atoms with E-state index in [9.17, 15) is 13.2 Å². The fourth-order valence-corrected chi connectivity index (χ4v) is 3.11. The highest BCUT2D eigenvalue weighted by Gasteiger charge is 2.13. The minimum Gasteiger partial charge on any atom is -0.321 e. The van der Waals surface area contributed by atoms with Crippen molar-refractivity contribution in [2.75, 3.05) is 5.32 Å². The zero-order valence-electron chi connectivity index (χ0n) is 10.4. The van der Waals surface area contributed by atoms with Gasteiger partial charge in [0.15, 0.2) is 0 Å². The number of benzene rings is 1. The third-order valence-electron chi connectivity index (χ3n) is 2.57. The smallest absolute Gasteiger partial charge is 0.265 e. The molecule has 20 heavy (non-hydrogen) atoms. The van der Waals surface area contributed by atoms with Crippen LogP contribution in [0.5, 0.6) is 0 Å². The van der Waals surface area contributed by atoms with Gasteiger partial charge in [-0.25, -0.2) is 13.6 Å². The maximum absolute atomic E-state index is 12.0. The number of hydrogen-bond donors (Lipinski definition) is 2. The van der Waals surface area contributed by atoms with Crippen LogP contribution in [0.15, 0.2) is 35.2 Å². The second-order valence-electron chi connectivity index (χ2n) is 4.08. The molecule has 1 heterocycles. The van der Waals surface area contributed by atoms with E-state index in [1.807, 2.05) is 0 Å². The van der Waals surface area contributed by atoms with Crippen LogP contribution in [0.2, 0.25) is 4.34 Å². The standard InChI is InChI=1S/C12H11ClN2O3S2/c1-7-6-8(20(14,17)18)2-3-9(7)15-12(16)10-4-5-11(13)19-10/h2-6H,1H3,(H,15,16)(H2,14,17,18). The van der Waals surface area contributed by atoms with Crippen molar-refractivity contribution in [3.63, 3.8) is 0 Å². The van der Waals surface area contributed by atoms with Crippen molar-refractivity contribution >= 4 is 44.6 Å². The quantitative estimate of drug-likeness (QED) is 0.906. The van der Waals surface area contributed by atoms with Crippen LogP contribution in [-0.4, -0.2) is 14.3 Å². The van der Waals surface area contributed by atoms with Crippen LogP contribution in [0.4, 0.5) is 5.69 Å². The lowest BCUT2D eigenvalue weighted by atomic mass is 10.2. The molecule has 1 aromatic carbocycles. The Hall–Kier alpha value is -1.41. The van der Waals surface area contributed by atoms with Crippen LogP contribution in [-0.2, 0) is 10.0 Å².